The quantitative estimate of drug-likeness (QED) is 0.277. The highest BCUT2D eigenvalue weighted by Crippen LogP contribution is 2.41. The van der Waals surface area contributed by atoms with E-state index in [2.05, 4.69) is 0 Å². The minimum Gasteiger partial charge on any atom is -0.166 e. The predicted octanol–water partition coefficient (Wildman–Crippen LogP) is 6.28. The summed E-state index contributed by atoms with van der Waals surface area (Å²) >= 11 is 0. The minimum absolute atomic E-state index is 0.161. The third-order valence-electron chi connectivity index (χ3n) is 3.70. The molecular formula is C16H6BF12P. The topological polar surface area (TPSA) is 0 Å². The molecule has 14 heteroatoms. The number of halogens is 12. The number of alkyl halides is 12. The number of hydrogen-bond acceptors (Lipinski definition) is 0. The predicted molar refractivity (Wildman–Crippen MR) is 84.8 cm³/mol. The van der Waals surface area contributed by atoms with Crippen molar-refractivity contribution in [3.8, 4) is 0 Å². The number of rotatable bonds is 2. The van der Waals surface area contributed by atoms with Crippen LogP contribution in [0.25, 0.3) is 0 Å². The van der Waals surface area contributed by atoms with Crippen molar-refractivity contribution in [2.45, 2.75) is 24.7 Å². The first-order valence-corrected chi connectivity index (χ1v) is 8.85. The van der Waals surface area contributed by atoms with Crippen LogP contribution < -0.4 is 10.6 Å². The molecule has 0 saturated heterocycles. The van der Waals surface area contributed by atoms with Crippen LogP contribution in [0.3, 0.4) is 0 Å². The van der Waals surface area contributed by atoms with E-state index in [4.69, 9.17) is 7.57 Å². The molecule has 0 aliphatic rings. The van der Waals surface area contributed by atoms with E-state index in [9.17, 15) is 52.7 Å². The molecule has 0 aliphatic heterocycles. The Labute approximate surface area is 163 Å². The van der Waals surface area contributed by atoms with Gasteiger partial charge >= 0.3 is 24.7 Å². The summed E-state index contributed by atoms with van der Waals surface area (Å²) in [4.78, 5) is 0. The fourth-order valence-electron chi connectivity index (χ4n) is 2.30. The molecule has 0 N–H and O–H groups in total. The van der Waals surface area contributed by atoms with Gasteiger partial charge in [-0.1, -0.05) is 7.80 Å². The monoisotopic (exact) mass is 468 g/mol. The molecule has 2 aromatic carbocycles. The van der Waals surface area contributed by atoms with Crippen LogP contribution in [0, 0.1) is 0 Å². The Morgan fingerprint density at radius 2 is 0.633 bits per heavy atom. The average molecular weight is 468 g/mol. The van der Waals surface area contributed by atoms with Crippen LogP contribution in [-0.4, -0.2) is 7.57 Å². The zero-order chi connectivity index (χ0) is 23.3. The Kier molecular flexibility index (Phi) is 6.22. The van der Waals surface area contributed by atoms with Crippen molar-refractivity contribution in [1.82, 2.24) is 0 Å². The van der Waals surface area contributed by atoms with E-state index in [-0.39, 0.29) is 36.4 Å². The van der Waals surface area contributed by atoms with Crippen molar-refractivity contribution >= 4 is 26.0 Å². The molecule has 0 unspecified atom stereocenters. The largest absolute Gasteiger partial charge is 0.416 e. The van der Waals surface area contributed by atoms with Crippen LogP contribution in [0.4, 0.5) is 52.7 Å². The summed E-state index contributed by atoms with van der Waals surface area (Å²) in [5, 5.41) is -1.81. The molecule has 0 nitrogen and oxygen atoms in total. The van der Waals surface area contributed by atoms with Crippen LogP contribution >= 0.6 is 7.80 Å². The van der Waals surface area contributed by atoms with Crippen molar-refractivity contribution in [2.24, 2.45) is 0 Å². The van der Waals surface area contributed by atoms with Crippen molar-refractivity contribution in [3.05, 3.63) is 58.7 Å². The van der Waals surface area contributed by atoms with Crippen LogP contribution in [0.5, 0.6) is 0 Å². The van der Waals surface area contributed by atoms with Crippen LogP contribution in [0.15, 0.2) is 36.4 Å². The van der Waals surface area contributed by atoms with Crippen molar-refractivity contribution in [1.29, 1.82) is 0 Å². The van der Waals surface area contributed by atoms with Crippen molar-refractivity contribution in [3.63, 3.8) is 0 Å². The second-order valence-corrected chi connectivity index (χ2v) is 7.67. The fourth-order valence-corrected chi connectivity index (χ4v) is 3.72. The maximum absolute atomic E-state index is 12.9. The fraction of sp³-hybridized carbons (Fsp3) is 0.250. The van der Waals surface area contributed by atoms with E-state index in [0.717, 1.165) is 0 Å². The van der Waals surface area contributed by atoms with E-state index in [1.54, 1.807) is 0 Å². The average Bonchev–Trinajstić information content (AvgIpc) is 2.57. The maximum atomic E-state index is 12.9. The Hall–Kier alpha value is -1.91. The lowest BCUT2D eigenvalue weighted by Crippen LogP contribution is -2.21. The van der Waals surface area contributed by atoms with Gasteiger partial charge in [0.15, 0.2) is 0 Å². The van der Waals surface area contributed by atoms with Gasteiger partial charge in [-0.15, -0.1) is 0 Å². The van der Waals surface area contributed by atoms with Gasteiger partial charge in [0.1, 0.15) is 7.57 Å². The van der Waals surface area contributed by atoms with Gasteiger partial charge in [0.05, 0.1) is 22.3 Å². The highest BCUT2D eigenvalue weighted by Gasteiger charge is 2.39. The van der Waals surface area contributed by atoms with E-state index in [0.29, 0.717) is 0 Å². The summed E-state index contributed by atoms with van der Waals surface area (Å²) < 4.78 is 155. The summed E-state index contributed by atoms with van der Waals surface area (Å²) in [6.45, 7) is 0. The van der Waals surface area contributed by atoms with E-state index < -0.39 is 65.4 Å². The van der Waals surface area contributed by atoms with Crippen molar-refractivity contribution in [2.75, 3.05) is 0 Å². The Bertz CT molecular complexity index is 784. The zero-order valence-electron chi connectivity index (χ0n) is 14.0. The van der Waals surface area contributed by atoms with Crippen LogP contribution in [-0.2, 0) is 24.7 Å². The number of hydrogen-bond donors (Lipinski definition) is 0. The van der Waals surface area contributed by atoms with Gasteiger partial charge in [-0.2, -0.15) is 52.7 Å². The van der Waals surface area contributed by atoms with Gasteiger partial charge in [-0.25, -0.2) is 0 Å². The second-order valence-electron chi connectivity index (χ2n) is 5.90. The third-order valence-corrected chi connectivity index (χ3v) is 5.33. The first-order chi connectivity index (χ1) is 13.3. The van der Waals surface area contributed by atoms with Gasteiger partial charge < -0.3 is 0 Å². The first kappa shape index (κ1) is 24.4. The summed E-state index contributed by atoms with van der Waals surface area (Å²) in [6, 6.07) is 0.172. The summed E-state index contributed by atoms with van der Waals surface area (Å²) in [6.07, 6.45) is -21.1. The Morgan fingerprint density at radius 1 is 0.433 bits per heavy atom. The summed E-state index contributed by atoms with van der Waals surface area (Å²) in [5.41, 5.74) is -7.19. The van der Waals surface area contributed by atoms with E-state index >= 15 is 0 Å². The molecule has 0 heterocycles. The van der Waals surface area contributed by atoms with E-state index in [1.165, 1.54) is 0 Å². The standard InChI is InChI=1S/C16H6BF12P/c17-30(11-3-7(13(18,19)20)1-8(4-11)14(21,22)23)12-5-9(15(24,25)26)2-10(6-12)16(27,28)29/h1-6H. The molecule has 2 radical (unpaired) electrons. The first-order valence-electron chi connectivity index (χ1n) is 7.44. The van der Waals surface area contributed by atoms with Gasteiger partial charge in [-0.3, -0.25) is 0 Å². The third kappa shape index (κ3) is 5.62. The Morgan fingerprint density at radius 3 is 0.800 bits per heavy atom. The minimum atomic E-state index is -5.27. The van der Waals surface area contributed by atoms with Crippen LogP contribution in [0.1, 0.15) is 22.3 Å². The molecule has 2 aromatic rings. The molecule has 2 rings (SSSR count). The smallest absolute Gasteiger partial charge is 0.166 e. The van der Waals surface area contributed by atoms with Crippen LogP contribution in [0.2, 0.25) is 0 Å². The molecule has 0 aliphatic carbocycles. The maximum Gasteiger partial charge on any atom is 0.416 e. The normalized spacial score (nSPS) is 13.8. The lowest BCUT2D eigenvalue weighted by molar-refractivity contribution is -0.144. The van der Waals surface area contributed by atoms with E-state index in [1.807, 2.05) is 0 Å². The van der Waals surface area contributed by atoms with Gasteiger partial charge in [-0.05, 0) is 47.0 Å². The molecule has 0 aromatic heterocycles. The molecule has 162 valence electrons. The molecule has 0 fully saturated rings. The number of benzene rings is 2. The van der Waals surface area contributed by atoms with Gasteiger partial charge in [0.2, 0.25) is 0 Å². The summed E-state index contributed by atoms with van der Waals surface area (Å²) in [7, 11) is 2.64. The molecule has 0 spiro atoms. The lowest BCUT2D eigenvalue weighted by atomic mass is 10.1. The SMILES string of the molecule is [B]P(c1cc(C(F)(F)F)cc(C(F)(F)F)c1)c1cc(C(F)(F)F)cc(C(F)(F)F)c1. The molecule has 0 atom stereocenters. The van der Waals surface area contributed by atoms with Gasteiger partial charge in [0.25, 0.3) is 0 Å². The highest BCUT2D eigenvalue weighted by molar-refractivity contribution is 7.94. The van der Waals surface area contributed by atoms with Crippen molar-refractivity contribution < 1.29 is 52.7 Å². The summed E-state index contributed by atoms with van der Waals surface area (Å²) in [5.74, 6) is 0. The highest BCUT2D eigenvalue weighted by atomic mass is 31.1. The van der Waals surface area contributed by atoms with Gasteiger partial charge in [0, 0.05) is 0 Å². The second kappa shape index (κ2) is 7.65. The molecule has 0 bridgehead atoms. The molecule has 0 amide bonds. The zero-order valence-corrected chi connectivity index (χ0v) is 14.9. The molecule has 0 saturated carbocycles. The molecule has 30 heavy (non-hydrogen) atoms. The lowest BCUT2D eigenvalue weighted by Gasteiger charge is -2.21. The Balaban J connectivity index is 2.72. The molecular weight excluding hydrogens is 462 g/mol.